The fraction of sp³-hybridized carbons (Fsp3) is 0.300. The van der Waals surface area contributed by atoms with Crippen molar-refractivity contribution in [2.45, 2.75) is 12.8 Å². The zero-order chi connectivity index (χ0) is 12.0. The SMILES string of the molecule is C#CCCCNC(=O)c1cc([N+](=O)[O-])c[nH]1. The third-order valence-corrected chi connectivity index (χ3v) is 1.91. The molecule has 0 spiro atoms. The Hall–Kier alpha value is -2.29. The number of rotatable bonds is 5. The molecule has 0 aliphatic carbocycles. The minimum atomic E-state index is -0.564. The number of nitro groups is 1. The standard InChI is InChI=1S/C10H11N3O3/c1-2-3-4-5-11-10(14)9-6-8(7-12-9)13(15)16/h1,6-7,12H,3-5H2,(H,11,14). The molecule has 1 heterocycles. The quantitative estimate of drug-likeness (QED) is 0.337. The maximum absolute atomic E-state index is 11.4. The molecule has 0 saturated carbocycles. The van der Waals surface area contributed by atoms with Crippen molar-refractivity contribution in [3.8, 4) is 12.3 Å². The highest BCUT2D eigenvalue weighted by Gasteiger charge is 2.13. The second kappa shape index (κ2) is 5.56. The summed E-state index contributed by atoms with van der Waals surface area (Å²) in [7, 11) is 0. The largest absolute Gasteiger partial charge is 0.351 e. The first-order chi connectivity index (χ1) is 7.65. The zero-order valence-electron chi connectivity index (χ0n) is 8.53. The van der Waals surface area contributed by atoms with Crippen LogP contribution in [-0.2, 0) is 0 Å². The Morgan fingerprint density at radius 3 is 3.00 bits per heavy atom. The molecule has 84 valence electrons. The van der Waals surface area contributed by atoms with Crippen LogP contribution in [0.2, 0.25) is 0 Å². The number of aromatic nitrogens is 1. The summed E-state index contributed by atoms with van der Waals surface area (Å²) in [6.07, 6.45) is 7.50. The lowest BCUT2D eigenvalue weighted by atomic mass is 10.3. The van der Waals surface area contributed by atoms with E-state index >= 15 is 0 Å². The Labute approximate surface area is 92.2 Å². The molecule has 6 nitrogen and oxygen atoms in total. The smallest absolute Gasteiger partial charge is 0.287 e. The Kier molecular flexibility index (Phi) is 4.09. The van der Waals surface area contributed by atoms with Gasteiger partial charge in [0.2, 0.25) is 0 Å². The van der Waals surface area contributed by atoms with Crippen LogP contribution in [0.5, 0.6) is 0 Å². The van der Waals surface area contributed by atoms with Crippen LogP contribution < -0.4 is 5.32 Å². The Morgan fingerprint density at radius 2 is 2.44 bits per heavy atom. The van der Waals surface area contributed by atoms with Crippen molar-refractivity contribution >= 4 is 11.6 Å². The van der Waals surface area contributed by atoms with Crippen molar-refractivity contribution in [3.63, 3.8) is 0 Å². The van der Waals surface area contributed by atoms with Crippen molar-refractivity contribution in [2.24, 2.45) is 0 Å². The van der Waals surface area contributed by atoms with Gasteiger partial charge in [-0.3, -0.25) is 14.9 Å². The molecule has 0 fully saturated rings. The number of carbonyl (C=O) groups is 1. The topological polar surface area (TPSA) is 88.0 Å². The first-order valence-electron chi connectivity index (χ1n) is 4.69. The van der Waals surface area contributed by atoms with E-state index in [2.05, 4.69) is 16.2 Å². The molecule has 0 unspecified atom stereocenters. The number of nitrogens with one attached hydrogen (secondary N) is 2. The van der Waals surface area contributed by atoms with Gasteiger partial charge in [0.05, 0.1) is 11.1 Å². The maximum Gasteiger partial charge on any atom is 0.287 e. The molecule has 0 bridgehead atoms. The van der Waals surface area contributed by atoms with E-state index in [4.69, 9.17) is 6.42 Å². The van der Waals surface area contributed by atoms with Gasteiger partial charge in [-0.1, -0.05) is 0 Å². The first kappa shape index (κ1) is 11.8. The van der Waals surface area contributed by atoms with Gasteiger partial charge >= 0.3 is 0 Å². The minimum Gasteiger partial charge on any atom is -0.351 e. The fourth-order valence-electron chi connectivity index (χ4n) is 1.11. The predicted octanol–water partition coefficient (Wildman–Crippen LogP) is 1.07. The number of hydrogen-bond acceptors (Lipinski definition) is 3. The van der Waals surface area contributed by atoms with Crippen LogP contribution in [0.15, 0.2) is 12.3 Å². The van der Waals surface area contributed by atoms with Gasteiger partial charge in [-0.2, -0.15) is 0 Å². The number of aromatic amines is 1. The van der Waals surface area contributed by atoms with E-state index in [9.17, 15) is 14.9 Å². The molecular formula is C10H11N3O3. The van der Waals surface area contributed by atoms with E-state index in [-0.39, 0.29) is 17.3 Å². The third-order valence-electron chi connectivity index (χ3n) is 1.91. The van der Waals surface area contributed by atoms with Crippen molar-refractivity contribution in [3.05, 3.63) is 28.1 Å². The Morgan fingerprint density at radius 1 is 1.69 bits per heavy atom. The molecule has 1 aromatic rings. The number of hydrogen-bond donors (Lipinski definition) is 2. The van der Waals surface area contributed by atoms with Crippen molar-refractivity contribution in [2.75, 3.05) is 6.54 Å². The Bertz CT molecular complexity index is 431. The van der Waals surface area contributed by atoms with Gasteiger partial charge in [-0.15, -0.1) is 12.3 Å². The van der Waals surface area contributed by atoms with Crippen LogP contribution in [0.25, 0.3) is 0 Å². The minimum absolute atomic E-state index is 0.131. The average Bonchev–Trinajstić information content (AvgIpc) is 2.73. The molecule has 1 aromatic heterocycles. The van der Waals surface area contributed by atoms with Gasteiger partial charge in [0, 0.05) is 19.0 Å². The number of H-pyrrole nitrogens is 1. The lowest BCUT2D eigenvalue weighted by Crippen LogP contribution is -2.24. The van der Waals surface area contributed by atoms with Crippen molar-refractivity contribution in [1.82, 2.24) is 10.3 Å². The number of terminal acetylenes is 1. The van der Waals surface area contributed by atoms with Crippen LogP contribution in [0.4, 0.5) is 5.69 Å². The molecule has 1 amide bonds. The van der Waals surface area contributed by atoms with Crippen LogP contribution in [-0.4, -0.2) is 22.4 Å². The fourth-order valence-corrected chi connectivity index (χ4v) is 1.11. The highest BCUT2D eigenvalue weighted by Crippen LogP contribution is 2.11. The summed E-state index contributed by atoms with van der Waals surface area (Å²) in [5.41, 5.74) is 0.0428. The molecule has 2 N–H and O–H groups in total. The number of unbranched alkanes of at least 4 members (excludes halogenated alkanes) is 1. The van der Waals surface area contributed by atoms with E-state index in [0.29, 0.717) is 19.4 Å². The van der Waals surface area contributed by atoms with Crippen LogP contribution in [0, 0.1) is 22.5 Å². The predicted molar refractivity (Wildman–Crippen MR) is 57.8 cm³/mol. The van der Waals surface area contributed by atoms with Gasteiger partial charge in [0.25, 0.3) is 11.6 Å². The number of carbonyl (C=O) groups excluding carboxylic acids is 1. The normalized spacial score (nSPS) is 9.44. The molecule has 6 heteroatoms. The van der Waals surface area contributed by atoms with E-state index < -0.39 is 4.92 Å². The second-order valence-electron chi connectivity index (χ2n) is 3.09. The third kappa shape index (κ3) is 3.13. The number of amides is 1. The molecule has 1 rings (SSSR count). The summed E-state index contributed by atoms with van der Waals surface area (Å²) in [6.45, 7) is 0.454. The molecule has 0 radical (unpaired) electrons. The molecule has 0 aliphatic rings. The summed E-state index contributed by atoms with van der Waals surface area (Å²) in [5.74, 6) is 2.08. The van der Waals surface area contributed by atoms with Gasteiger partial charge in [-0.05, 0) is 6.42 Å². The van der Waals surface area contributed by atoms with E-state index in [0.717, 1.165) is 0 Å². The average molecular weight is 221 g/mol. The van der Waals surface area contributed by atoms with Crippen LogP contribution in [0.1, 0.15) is 23.3 Å². The van der Waals surface area contributed by atoms with Gasteiger partial charge in [0.15, 0.2) is 0 Å². The highest BCUT2D eigenvalue weighted by atomic mass is 16.6. The maximum atomic E-state index is 11.4. The van der Waals surface area contributed by atoms with Gasteiger partial charge < -0.3 is 10.3 Å². The van der Waals surface area contributed by atoms with E-state index in [1.807, 2.05) is 0 Å². The molecule has 16 heavy (non-hydrogen) atoms. The van der Waals surface area contributed by atoms with Crippen LogP contribution >= 0.6 is 0 Å². The Balaban J connectivity index is 2.47. The summed E-state index contributed by atoms with van der Waals surface area (Å²) in [5, 5.41) is 13.0. The molecule has 0 aliphatic heterocycles. The summed E-state index contributed by atoms with van der Waals surface area (Å²) < 4.78 is 0. The monoisotopic (exact) mass is 221 g/mol. The highest BCUT2D eigenvalue weighted by molar-refractivity contribution is 5.93. The second-order valence-corrected chi connectivity index (χ2v) is 3.09. The lowest BCUT2D eigenvalue weighted by molar-refractivity contribution is -0.384. The van der Waals surface area contributed by atoms with E-state index in [1.165, 1.54) is 12.3 Å². The first-order valence-corrected chi connectivity index (χ1v) is 4.69. The van der Waals surface area contributed by atoms with Crippen molar-refractivity contribution < 1.29 is 9.72 Å². The van der Waals surface area contributed by atoms with Crippen molar-refractivity contribution in [1.29, 1.82) is 0 Å². The number of nitrogens with zero attached hydrogens (tertiary/aromatic N) is 1. The molecule has 0 atom stereocenters. The summed E-state index contributed by atoms with van der Waals surface area (Å²) in [4.78, 5) is 23.8. The molecule has 0 saturated heterocycles. The van der Waals surface area contributed by atoms with Gasteiger partial charge in [-0.25, -0.2) is 0 Å². The summed E-state index contributed by atoms with van der Waals surface area (Å²) >= 11 is 0. The van der Waals surface area contributed by atoms with Gasteiger partial charge in [0.1, 0.15) is 5.69 Å². The summed E-state index contributed by atoms with van der Waals surface area (Å²) in [6, 6.07) is 1.19. The lowest BCUT2D eigenvalue weighted by Gasteiger charge is -2.00. The molecular weight excluding hydrogens is 210 g/mol. The van der Waals surface area contributed by atoms with Crippen LogP contribution in [0.3, 0.4) is 0 Å². The zero-order valence-corrected chi connectivity index (χ0v) is 8.53. The molecule has 0 aromatic carbocycles. The van der Waals surface area contributed by atoms with E-state index in [1.54, 1.807) is 0 Å².